The lowest BCUT2D eigenvalue weighted by Crippen LogP contribution is -2.70. The zero-order valence-corrected chi connectivity index (χ0v) is 13.4. The Bertz CT molecular complexity index is 558. The number of hydrogen-bond acceptors (Lipinski definition) is 7. The van der Waals surface area contributed by atoms with Crippen LogP contribution >= 0.6 is 11.8 Å². The zero-order chi connectivity index (χ0) is 18.0. The van der Waals surface area contributed by atoms with E-state index in [0.717, 1.165) is 11.8 Å². The van der Waals surface area contributed by atoms with Gasteiger partial charge >= 0.3 is 11.9 Å². The van der Waals surface area contributed by atoms with E-state index in [-0.39, 0.29) is 25.9 Å². The maximum absolute atomic E-state index is 12.1. The second kappa shape index (κ2) is 7.36. The van der Waals surface area contributed by atoms with Gasteiger partial charge in [0.05, 0.1) is 11.9 Å². The molecule has 0 unspecified atom stereocenters. The number of thioether (sulfide) groups is 1. The van der Waals surface area contributed by atoms with Crippen molar-refractivity contribution >= 4 is 35.5 Å². The van der Waals surface area contributed by atoms with Gasteiger partial charge in [-0.25, -0.2) is 4.79 Å². The molecule has 2 saturated heterocycles. The average molecular weight is 361 g/mol. The third kappa shape index (κ3) is 3.47. The molecule has 5 atom stereocenters. The Hall–Kier alpha value is -1.85. The van der Waals surface area contributed by atoms with Crippen LogP contribution < -0.4 is 11.1 Å². The van der Waals surface area contributed by atoms with Gasteiger partial charge < -0.3 is 31.3 Å². The van der Waals surface area contributed by atoms with Crippen LogP contribution in [-0.4, -0.2) is 79.3 Å². The highest BCUT2D eigenvalue weighted by molar-refractivity contribution is 8.01. The van der Waals surface area contributed by atoms with Crippen LogP contribution in [0.1, 0.15) is 19.3 Å². The van der Waals surface area contributed by atoms with Crippen molar-refractivity contribution in [3.63, 3.8) is 0 Å². The lowest BCUT2D eigenvalue weighted by Gasteiger charge is -2.43. The Balaban J connectivity index is 1.85. The molecule has 0 bridgehead atoms. The fourth-order valence-corrected chi connectivity index (χ4v) is 4.31. The molecule has 2 heterocycles. The summed E-state index contributed by atoms with van der Waals surface area (Å²) in [6, 6.07) is -2.96. The fourth-order valence-electron chi connectivity index (χ4n) is 2.76. The van der Waals surface area contributed by atoms with Crippen LogP contribution in [0.4, 0.5) is 0 Å². The minimum absolute atomic E-state index is 0.0218. The molecule has 0 aromatic rings. The molecule has 0 aliphatic carbocycles. The van der Waals surface area contributed by atoms with Gasteiger partial charge in [-0.3, -0.25) is 14.4 Å². The van der Waals surface area contributed by atoms with Crippen molar-refractivity contribution in [1.29, 1.82) is 0 Å². The third-order valence-electron chi connectivity index (χ3n) is 4.03. The molecule has 134 valence electrons. The van der Waals surface area contributed by atoms with Crippen molar-refractivity contribution in [2.24, 2.45) is 5.73 Å². The van der Waals surface area contributed by atoms with Gasteiger partial charge in [0, 0.05) is 6.42 Å². The first-order chi connectivity index (χ1) is 11.3. The summed E-state index contributed by atoms with van der Waals surface area (Å²) in [7, 11) is 0. The average Bonchev–Trinajstić information content (AvgIpc) is 2.87. The van der Waals surface area contributed by atoms with Crippen LogP contribution in [0, 0.1) is 0 Å². The van der Waals surface area contributed by atoms with Gasteiger partial charge in [-0.15, -0.1) is 11.8 Å². The summed E-state index contributed by atoms with van der Waals surface area (Å²) in [6.07, 6.45) is 0.423. The van der Waals surface area contributed by atoms with Gasteiger partial charge in [0.15, 0.2) is 0 Å². The molecule has 0 spiro atoms. The lowest BCUT2D eigenvalue weighted by atomic mass is 10.0. The number of hydrogen-bond donors (Lipinski definition) is 5. The molecule has 2 fully saturated rings. The van der Waals surface area contributed by atoms with Gasteiger partial charge in [-0.05, 0) is 12.8 Å². The van der Waals surface area contributed by atoms with E-state index >= 15 is 0 Å². The molecule has 2 amide bonds. The van der Waals surface area contributed by atoms with Gasteiger partial charge in [0.2, 0.25) is 11.8 Å². The normalized spacial score (nSPS) is 29.6. The summed E-state index contributed by atoms with van der Waals surface area (Å²) >= 11 is 1.15. The maximum Gasteiger partial charge on any atom is 0.327 e. The number of carbonyl (C=O) groups is 4. The summed E-state index contributed by atoms with van der Waals surface area (Å²) in [5, 5.41) is 28.5. The summed E-state index contributed by atoms with van der Waals surface area (Å²) in [6.45, 7) is -0.379. The minimum Gasteiger partial charge on any atom is -0.480 e. The number of carboxylic acids is 2. The molecular formula is C13H19N3O7S. The highest BCUT2D eigenvalue weighted by Crippen LogP contribution is 2.44. The minimum atomic E-state index is -1.19. The molecule has 2 aliphatic rings. The molecule has 0 aromatic carbocycles. The summed E-state index contributed by atoms with van der Waals surface area (Å²) < 4.78 is 0. The predicted octanol–water partition coefficient (Wildman–Crippen LogP) is -2.22. The number of amides is 2. The van der Waals surface area contributed by atoms with Crippen molar-refractivity contribution in [3.05, 3.63) is 0 Å². The number of aliphatic hydroxyl groups excluding tert-OH is 1. The third-order valence-corrected chi connectivity index (χ3v) is 5.57. The maximum atomic E-state index is 12.1. The van der Waals surface area contributed by atoms with Crippen molar-refractivity contribution < 1.29 is 34.5 Å². The zero-order valence-electron chi connectivity index (χ0n) is 12.6. The summed E-state index contributed by atoms with van der Waals surface area (Å²) in [5.41, 5.74) is 5.33. The smallest absolute Gasteiger partial charge is 0.327 e. The van der Waals surface area contributed by atoms with Gasteiger partial charge in [0.1, 0.15) is 23.5 Å². The van der Waals surface area contributed by atoms with E-state index in [1.807, 2.05) is 0 Å². The molecule has 2 rings (SSSR count). The SMILES string of the molecule is N[C@@H](CCCC(=O)N[C@@H]1C(=O)N2[C@@H]1S[C@H](CO)[C@@H]2C(=O)O)C(=O)O. The highest BCUT2D eigenvalue weighted by atomic mass is 32.2. The van der Waals surface area contributed by atoms with E-state index in [1.54, 1.807) is 0 Å². The summed E-state index contributed by atoms with van der Waals surface area (Å²) in [4.78, 5) is 46.9. The van der Waals surface area contributed by atoms with Crippen molar-refractivity contribution in [2.45, 2.75) is 48.0 Å². The van der Waals surface area contributed by atoms with E-state index < -0.39 is 52.5 Å². The molecule has 2 aliphatic heterocycles. The number of fused-ring (bicyclic) bond motifs is 1. The van der Waals surface area contributed by atoms with Crippen LogP contribution in [0.3, 0.4) is 0 Å². The second-order valence-corrected chi connectivity index (χ2v) is 7.02. The lowest BCUT2D eigenvalue weighted by molar-refractivity contribution is -0.160. The Labute approximate surface area is 141 Å². The molecule has 24 heavy (non-hydrogen) atoms. The molecule has 6 N–H and O–H groups in total. The number of aliphatic hydroxyl groups is 1. The number of nitrogens with one attached hydrogen (secondary N) is 1. The Kier molecular flexibility index (Phi) is 5.67. The van der Waals surface area contributed by atoms with Crippen LogP contribution in [0.25, 0.3) is 0 Å². The van der Waals surface area contributed by atoms with Gasteiger partial charge in [-0.1, -0.05) is 0 Å². The van der Waals surface area contributed by atoms with Crippen molar-refractivity contribution in [2.75, 3.05) is 6.61 Å². The first kappa shape index (κ1) is 18.5. The Morgan fingerprint density at radius 1 is 1.33 bits per heavy atom. The topological polar surface area (TPSA) is 170 Å². The quantitative estimate of drug-likeness (QED) is 0.300. The number of β-lactam (4-membered cyclic amide) rings is 1. The highest BCUT2D eigenvalue weighted by Gasteiger charge is 2.61. The first-order valence-corrected chi connectivity index (χ1v) is 8.31. The number of rotatable bonds is 8. The van der Waals surface area contributed by atoms with E-state index in [0.29, 0.717) is 0 Å². The summed E-state index contributed by atoms with van der Waals surface area (Å²) in [5.74, 6) is -3.25. The largest absolute Gasteiger partial charge is 0.480 e. The Morgan fingerprint density at radius 3 is 2.54 bits per heavy atom. The predicted molar refractivity (Wildman–Crippen MR) is 81.9 cm³/mol. The number of carbonyl (C=O) groups excluding carboxylic acids is 2. The van der Waals surface area contributed by atoms with Gasteiger partial charge in [-0.2, -0.15) is 0 Å². The van der Waals surface area contributed by atoms with E-state index in [4.69, 9.17) is 10.8 Å². The monoisotopic (exact) mass is 361 g/mol. The van der Waals surface area contributed by atoms with E-state index in [9.17, 15) is 29.4 Å². The van der Waals surface area contributed by atoms with Crippen LogP contribution in [0.2, 0.25) is 0 Å². The molecule has 11 heteroatoms. The first-order valence-electron chi connectivity index (χ1n) is 7.37. The van der Waals surface area contributed by atoms with Crippen molar-refractivity contribution in [3.8, 4) is 0 Å². The van der Waals surface area contributed by atoms with E-state index in [1.165, 1.54) is 4.90 Å². The van der Waals surface area contributed by atoms with Crippen LogP contribution in [-0.2, 0) is 19.2 Å². The van der Waals surface area contributed by atoms with Crippen LogP contribution in [0.15, 0.2) is 0 Å². The molecule has 10 nitrogen and oxygen atoms in total. The van der Waals surface area contributed by atoms with Crippen LogP contribution in [0.5, 0.6) is 0 Å². The standard InChI is InChI=1S/C13H19N3O7S/c14-5(12(20)21)2-1-3-7(18)15-8-10(19)16-9(13(22)23)6(4-17)24-11(8)16/h5-6,8-9,11,17H,1-4,14H2,(H,15,18)(H,20,21)(H,22,23)/t5-,6+,8+,9+,11+/m0/s1. The second-order valence-electron chi connectivity index (χ2n) is 5.66. The van der Waals surface area contributed by atoms with Gasteiger partial charge in [0.25, 0.3) is 0 Å². The van der Waals surface area contributed by atoms with Crippen molar-refractivity contribution in [1.82, 2.24) is 10.2 Å². The fraction of sp³-hybridized carbons (Fsp3) is 0.692. The molecule has 0 saturated carbocycles. The number of nitrogens with two attached hydrogens (primary N) is 1. The number of aliphatic carboxylic acids is 2. The Morgan fingerprint density at radius 2 is 2.00 bits per heavy atom. The number of carboxylic acid groups (broad SMARTS) is 2. The molecule has 0 radical (unpaired) electrons. The molecule has 0 aromatic heterocycles. The van der Waals surface area contributed by atoms with E-state index in [2.05, 4.69) is 5.32 Å². The number of nitrogens with zero attached hydrogens (tertiary/aromatic N) is 1. The molecular weight excluding hydrogens is 342 g/mol.